The Morgan fingerprint density at radius 2 is 1.91 bits per heavy atom. The van der Waals surface area contributed by atoms with Crippen LogP contribution in [0, 0.1) is 6.42 Å². The maximum atomic E-state index is 5.23. The van der Waals surface area contributed by atoms with Crippen molar-refractivity contribution in [2.75, 3.05) is 7.11 Å². The Kier molecular flexibility index (Phi) is 3.12. The molecule has 59 valence electrons. The maximum Gasteiger partial charge on any atom is 0.0850 e. The molecule has 0 bridgehead atoms. The number of methoxy groups -OCH3 is 1. The van der Waals surface area contributed by atoms with Gasteiger partial charge in [-0.2, -0.15) is 0 Å². The summed E-state index contributed by atoms with van der Waals surface area (Å²) in [6, 6.07) is 10.2. The van der Waals surface area contributed by atoms with Crippen LogP contribution < -0.4 is 0 Å². The highest BCUT2D eigenvalue weighted by atomic mass is 16.5. The molecule has 1 aromatic rings. The summed E-state index contributed by atoms with van der Waals surface area (Å²) >= 11 is 0. The van der Waals surface area contributed by atoms with Gasteiger partial charge in [0.25, 0.3) is 0 Å². The number of ether oxygens (including phenoxy) is 1. The Balaban J connectivity index is 2.74. The molecule has 1 radical (unpaired) electrons. The summed E-state index contributed by atoms with van der Waals surface area (Å²) in [5.41, 5.74) is 1.21. The predicted molar refractivity (Wildman–Crippen MR) is 46.2 cm³/mol. The van der Waals surface area contributed by atoms with Crippen molar-refractivity contribution in [2.24, 2.45) is 0 Å². The molecule has 1 atom stereocenters. The van der Waals surface area contributed by atoms with Crippen LogP contribution in [0.1, 0.15) is 18.6 Å². The topological polar surface area (TPSA) is 9.23 Å². The monoisotopic (exact) mass is 149 g/mol. The molecule has 1 heteroatoms. The lowest BCUT2D eigenvalue weighted by atomic mass is 10.1. The molecule has 0 aliphatic carbocycles. The van der Waals surface area contributed by atoms with E-state index in [1.807, 2.05) is 31.5 Å². The first-order chi connectivity index (χ1) is 5.38. The zero-order valence-electron chi connectivity index (χ0n) is 6.95. The summed E-state index contributed by atoms with van der Waals surface area (Å²) in [7, 11) is 1.72. The van der Waals surface area contributed by atoms with Gasteiger partial charge in [-0.3, -0.25) is 0 Å². The smallest absolute Gasteiger partial charge is 0.0850 e. The van der Waals surface area contributed by atoms with E-state index in [2.05, 4.69) is 12.1 Å². The Bertz CT molecular complexity index is 189. The fourth-order valence-electron chi connectivity index (χ4n) is 1.11. The SMILES string of the molecule is C[CH][C@H](OC)c1ccccc1. The van der Waals surface area contributed by atoms with Gasteiger partial charge in [-0.15, -0.1) is 0 Å². The third kappa shape index (κ3) is 2.05. The minimum atomic E-state index is 0.135. The van der Waals surface area contributed by atoms with Crippen LogP contribution in [0.25, 0.3) is 0 Å². The van der Waals surface area contributed by atoms with Crippen molar-refractivity contribution >= 4 is 0 Å². The first-order valence-electron chi connectivity index (χ1n) is 3.75. The highest BCUT2D eigenvalue weighted by molar-refractivity contribution is 5.19. The Hall–Kier alpha value is -0.820. The Morgan fingerprint density at radius 3 is 2.36 bits per heavy atom. The number of benzene rings is 1. The molecule has 0 aliphatic rings. The molecule has 0 spiro atoms. The van der Waals surface area contributed by atoms with Gasteiger partial charge in [0.2, 0.25) is 0 Å². The third-order valence-corrected chi connectivity index (χ3v) is 1.68. The van der Waals surface area contributed by atoms with E-state index in [0.717, 1.165) is 0 Å². The van der Waals surface area contributed by atoms with Crippen molar-refractivity contribution in [3.63, 3.8) is 0 Å². The fourth-order valence-corrected chi connectivity index (χ4v) is 1.11. The van der Waals surface area contributed by atoms with Gasteiger partial charge >= 0.3 is 0 Å². The molecule has 11 heavy (non-hydrogen) atoms. The van der Waals surface area contributed by atoms with Crippen LogP contribution in [0.15, 0.2) is 30.3 Å². The summed E-state index contributed by atoms with van der Waals surface area (Å²) < 4.78 is 5.23. The molecular weight excluding hydrogens is 136 g/mol. The quantitative estimate of drug-likeness (QED) is 0.641. The molecule has 0 fully saturated rings. The van der Waals surface area contributed by atoms with E-state index < -0.39 is 0 Å². The van der Waals surface area contributed by atoms with Crippen molar-refractivity contribution < 1.29 is 4.74 Å². The van der Waals surface area contributed by atoms with Gasteiger partial charge in [0.1, 0.15) is 0 Å². The average Bonchev–Trinajstić information content (AvgIpc) is 2.09. The van der Waals surface area contributed by atoms with E-state index in [1.165, 1.54) is 5.56 Å². The normalized spacial score (nSPS) is 12.9. The van der Waals surface area contributed by atoms with Crippen LogP contribution in [0.4, 0.5) is 0 Å². The van der Waals surface area contributed by atoms with Crippen molar-refractivity contribution in [2.45, 2.75) is 13.0 Å². The zero-order valence-corrected chi connectivity index (χ0v) is 6.95. The average molecular weight is 149 g/mol. The van der Waals surface area contributed by atoms with Crippen molar-refractivity contribution in [3.05, 3.63) is 42.3 Å². The third-order valence-electron chi connectivity index (χ3n) is 1.68. The van der Waals surface area contributed by atoms with Crippen LogP contribution >= 0.6 is 0 Å². The molecule has 0 N–H and O–H groups in total. The molecule has 0 aliphatic heterocycles. The second-order valence-corrected chi connectivity index (χ2v) is 2.40. The van der Waals surface area contributed by atoms with Crippen LogP contribution in [-0.2, 0) is 4.74 Å². The summed E-state index contributed by atoms with van der Waals surface area (Å²) in [5.74, 6) is 0. The molecule has 0 heterocycles. The van der Waals surface area contributed by atoms with E-state index in [9.17, 15) is 0 Å². The van der Waals surface area contributed by atoms with E-state index in [-0.39, 0.29) is 6.10 Å². The molecule has 0 unspecified atom stereocenters. The summed E-state index contributed by atoms with van der Waals surface area (Å²) in [4.78, 5) is 0. The van der Waals surface area contributed by atoms with Gasteiger partial charge in [-0.05, 0) is 12.0 Å². The molecular formula is C10H13O. The minimum Gasteiger partial charge on any atom is -0.376 e. The van der Waals surface area contributed by atoms with Gasteiger partial charge in [-0.1, -0.05) is 37.3 Å². The molecule has 0 amide bonds. The van der Waals surface area contributed by atoms with E-state index in [1.54, 1.807) is 7.11 Å². The van der Waals surface area contributed by atoms with Crippen molar-refractivity contribution in [1.82, 2.24) is 0 Å². The van der Waals surface area contributed by atoms with Gasteiger partial charge in [0.05, 0.1) is 6.10 Å². The molecule has 0 saturated carbocycles. The van der Waals surface area contributed by atoms with Gasteiger partial charge in [0.15, 0.2) is 0 Å². The van der Waals surface area contributed by atoms with E-state index >= 15 is 0 Å². The standard InChI is InChI=1S/C10H13O/c1-3-10(11-2)9-7-5-4-6-8-9/h3-8,10H,1-2H3/t10-/m0/s1. The van der Waals surface area contributed by atoms with Crippen LogP contribution in [0.5, 0.6) is 0 Å². The number of hydrogen-bond donors (Lipinski definition) is 0. The second-order valence-electron chi connectivity index (χ2n) is 2.40. The van der Waals surface area contributed by atoms with Gasteiger partial charge < -0.3 is 4.74 Å². The maximum absolute atomic E-state index is 5.23. The molecule has 1 aromatic carbocycles. The van der Waals surface area contributed by atoms with Crippen LogP contribution in [0.2, 0.25) is 0 Å². The lowest BCUT2D eigenvalue weighted by Crippen LogP contribution is -1.99. The highest BCUT2D eigenvalue weighted by Gasteiger charge is 2.05. The first kappa shape index (κ1) is 8.28. The predicted octanol–water partition coefficient (Wildman–Crippen LogP) is 2.60. The van der Waals surface area contributed by atoms with Crippen LogP contribution in [-0.4, -0.2) is 7.11 Å². The Labute approximate surface area is 68.0 Å². The molecule has 0 saturated heterocycles. The number of rotatable bonds is 3. The molecule has 1 nitrogen and oxygen atoms in total. The van der Waals surface area contributed by atoms with Crippen molar-refractivity contribution in [1.29, 1.82) is 0 Å². The van der Waals surface area contributed by atoms with Gasteiger partial charge in [-0.25, -0.2) is 0 Å². The lowest BCUT2D eigenvalue weighted by Gasteiger charge is -2.11. The largest absolute Gasteiger partial charge is 0.376 e. The number of hydrogen-bond acceptors (Lipinski definition) is 1. The minimum absolute atomic E-state index is 0.135. The molecule has 0 aromatic heterocycles. The Morgan fingerprint density at radius 1 is 1.27 bits per heavy atom. The van der Waals surface area contributed by atoms with Crippen molar-refractivity contribution in [3.8, 4) is 0 Å². The second kappa shape index (κ2) is 4.14. The summed E-state index contributed by atoms with van der Waals surface area (Å²) in [5, 5.41) is 0. The molecule has 1 rings (SSSR count). The van der Waals surface area contributed by atoms with Crippen LogP contribution in [0.3, 0.4) is 0 Å². The van der Waals surface area contributed by atoms with E-state index in [0.29, 0.717) is 0 Å². The zero-order chi connectivity index (χ0) is 8.10. The first-order valence-corrected chi connectivity index (χ1v) is 3.75. The summed E-state index contributed by atoms with van der Waals surface area (Å²) in [6.45, 7) is 2.00. The van der Waals surface area contributed by atoms with Gasteiger partial charge in [0, 0.05) is 7.11 Å². The fraction of sp³-hybridized carbons (Fsp3) is 0.300. The lowest BCUT2D eigenvalue weighted by molar-refractivity contribution is 0.130. The summed E-state index contributed by atoms with van der Waals surface area (Å²) in [6.07, 6.45) is 2.17. The highest BCUT2D eigenvalue weighted by Crippen LogP contribution is 2.17. The van der Waals surface area contributed by atoms with E-state index in [4.69, 9.17) is 4.74 Å².